The number of carboxylic acids is 1. The lowest BCUT2D eigenvalue weighted by Gasteiger charge is -2.05. The number of fused-ring (bicyclic) bond motifs is 1. The van der Waals surface area contributed by atoms with Crippen molar-refractivity contribution in [2.75, 3.05) is 0 Å². The topological polar surface area (TPSA) is 63.3 Å². The van der Waals surface area contributed by atoms with Crippen LogP contribution in [0.15, 0.2) is 0 Å². The Bertz CT molecular complexity index is 168. The molecule has 2 unspecified atom stereocenters. The first-order valence-electron chi connectivity index (χ1n) is 3.68. The van der Waals surface area contributed by atoms with Gasteiger partial charge in [-0.1, -0.05) is 0 Å². The average molecular weight is 141 g/mol. The third-order valence-corrected chi connectivity index (χ3v) is 2.86. The van der Waals surface area contributed by atoms with E-state index in [1.807, 2.05) is 0 Å². The van der Waals surface area contributed by atoms with Crippen LogP contribution in [0.1, 0.15) is 12.8 Å². The maximum atomic E-state index is 10.4. The van der Waals surface area contributed by atoms with Gasteiger partial charge in [-0.25, -0.2) is 0 Å². The van der Waals surface area contributed by atoms with Gasteiger partial charge in [0.25, 0.3) is 0 Å². The molecule has 3 heteroatoms. The fourth-order valence-electron chi connectivity index (χ4n) is 2.09. The Morgan fingerprint density at radius 3 is 2.30 bits per heavy atom. The van der Waals surface area contributed by atoms with Crippen LogP contribution < -0.4 is 5.73 Å². The van der Waals surface area contributed by atoms with E-state index in [0.717, 1.165) is 12.8 Å². The maximum Gasteiger partial charge on any atom is 0.306 e. The highest BCUT2D eigenvalue weighted by atomic mass is 16.4. The van der Waals surface area contributed by atoms with Crippen LogP contribution in [0.4, 0.5) is 0 Å². The standard InChI is InChI=1S/C7H11NO2/c8-6-4-1-3(7(9)10)2-5(4)6/h3-6H,1-2,8H2,(H,9,10). The second kappa shape index (κ2) is 1.72. The van der Waals surface area contributed by atoms with Crippen LogP contribution in [0.5, 0.6) is 0 Å². The normalized spacial score (nSPS) is 50.5. The van der Waals surface area contributed by atoms with Gasteiger partial charge in [0, 0.05) is 6.04 Å². The fourth-order valence-corrected chi connectivity index (χ4v) is 2.09. The summed E-state index contributed by atoms with van der Waals surface area (Å²) in [5, 5.41) is 8.60. The summed E-state index contributed by atoms with van der Waals surface area (Å²) < 4.78 is 0. The number of aliphatic carboxylic acids is 1. The summed E-state index contributed by atoms with van der Waals surface area (Å²) in [5.74, 6) is 0.358. The zero-order valence-corrected chi connectivity index (χ0v) is 5.66. The van der Waals surface area contributed by atoms with Gasteiger partial charge in [0.05, 0.1) is 5.92 Å². The van der Waals surface area contributed by atoms with Gasteiger partial charge in [-0.3, -0.25) is 4.79 Å². The number of carbonyl (C=O) groups is 1. The molecular formula is C7H11NO2. The van der Waals surface area contributed by atoms with Crippen LogP contribution >= 0.6 is 0 Å². The van der Waals surface area contributed by atoms with E-state index in [0.29, 0.717) is 17.9 Å². The van der Waals surface area contributed by atoms with Crippen LogP contribution in [0.25, 0.3) is 0 Å². The summed E-state index contributed by atoms with van der Waals surface area (Å²) in [5.41, 5.74) is 5.64. The van der Waals surface area contributed by atoms with E-state index in [1.165, 1.54) is 0 Å². The van der Waals surface area contributed by atoms with Crippen molar-refractivity contribution in [1.82, 2.24) is 0 Å². The van der Waals surface area contributed by atoms with Gasteiger partial charge in [0.1, 0.15) is 0 Å². The molecular weight excluding hydrogens is 130 g/mol. The first kappa shape index (κ1) is 6.16. The number of nitrogens with two attached hydrogens (primary N) is 1. The minimum Gasteiger partial charge on any atom is -0.481 e. The second-order valence-corrected chi connectivity index (χ2v) is 3.41. The molecule has 0 aromatic heterocycles. The quantitative estimate of drug-likeness (QED) is 0.542. The first-order chi connectivity index (χ1) is 4.70. The van der Waals surface area contributed by atoms with Crippen molar-refractivity contribution in [2.24, 2.45) is 23.5 Å². The largest absolute Gasteiger partial charge is 0.481 e. The molecule has 10 heavy (non-hydrogen) atoms. The highest BCUT2D eigenvalue weighted by Crippen LogP contribution is 2.53. The number of hydrogen-bond acceptors (Lipinski definition) is 2. The van der Waals surface area contributed by atoms with Crippen molar-refractivity contribution in [2.45, 2.75) is 18.9 Å². The Hall–Kier alpha value is -0.570. The Kier molecular flexibility index (Phi) is 1.06. The summed E-state index contributed by atoms with van der Waals surface area (Å²) in [6.45, 7) is 0. The molecule has 0 spiro atoms. The van der Waals surface area contributed by atoms with Crippen LogP contribution in [0.2, 0.25) is 0 Å². The van der Waals surface area contributed by atoms with E-state index < -0.39 is 5.97 Å². The summed E-state index contributed by atoms with van der Waals surface area (Å²) >= 11 is 0. The Morgan fingerprint density at radius 1 is 1.40 bits per heavy atom. The maximum absolute atomic E-state index is 10.4. The summed E-state index contributed by atoms with van der Waals surface area (Å²) in [7, 11) is 0. The van der Waals surface area contributed by atoms with Gasteiger partial charge < -0.3 is 10.8 Å². The smallest absolute Gasteiger partial charge is 0.306 e. The van der Waals surface area contributed by atoms with Crippen molar-refractivity contribution in [3.8, 4) is 0 Å². The molecule has 2 atom stereocenters. The molecule has 0 aliphatic heterocycles. The number of rotatable bonds is 1. The van der Waals surface area contributed by atoms with E-state index >= 15 is 0 Å². The molecule has 56 valence electrons. The predicted molar refractivity (Wildman–Crippen MR) is 35.3 cm³/mol. The monoisotopic (exact) mass is 141 g/mol. The molecule has 2 aliphatic rings. The molecule has 2 fully saturated rings. The minimum atomic E-state index is -0.639. The molecule has 3 N–H and O–H groups in total. The van der Waals surface area contributed by atoms with Crippen molar-refractivity contribution in [3.05, 3.63) is 0 Å². The molecule has 0 radical (unpaired) electrons. The van der Waals surface area contributed by atoms with Gasteiger partial charge in [0.15, 0.2) is 0 Å². The van der Waals surface area contributed by atoms with Crippen molar-refractivity contribution < 1.29 is 9.90 Å². The average Bonchev–Trinajstić information content (AvgIpc) is 2.38. The van der Waals surface area contributed by atoms with Gasteiger partial charge in [-0.2, -0.15) is 0 Å². The molecule has 0 heterocycles. The molecule has 0 amide bonds. The third-order valence-electron chi connectivity index (χ3n) is 2.86. The Balaban J connectivity index is 1.95. The molecule has 2 rings (SSSR count). The second-order valence-electron chi connectivity index (χ2n) is 3.41. The summed E-state index contributed by atoms with van der Waals surface area (Å²) in [6, 6.07) is 0.329. The SMILES string of the molecule is NC1C2CC(C(=O)O)CC12. The van der Waals surface area contributed by atoms with Crippen molar-refractivity contribution in [3.63, 3.8) is 0 Å². The van der Waals surface area contributed by atoms with Gasteiger partial charge in [0.2, 0.25) is 0 Å². The van der Waals surface area contributed by atoms with Crippen LogP contribution in [0.3, 0.4) is 0 Å². The molecule has 0 aromatic carbocycles. The highest BCUT2D eigenvalue weighted by Gasteiger charge is 2.55. The van der Waals surface area contributed by atoms with Crippen LogP contribution in [-0.2, 0) is 4.79 Å². The zero-order valence-electron chi connectivity index (χ0n) is 5.66. The molecule has 0 bridgehead atoms. The van der Waals surface area contributed by atoms with Crippen molar-refractivity contribution in [1.29, 1.82) is 0 Å². The van der Waals surface area contributed by atoms with E-state index in [2.05, 4.69) is 0 Å². The molecule has 3 nitrogen and oxygen atoms in total. The first-order valence-corrected chi connectivity index (χ1v) is 3.68. The van der Waals surface area contributed by atoms with Gasteiger partial charge in [-0.05, 0) is 24.7 Å². The van der Waals surface area contributed by atoms with Crippen LogP contribution in [-0.4, -0.2) is 17.1 Å². The van der Waals surface area contributed by atoms with Crippen LogP contribution in [0, 0.1) is 17.8 Å². The lowest BCUT2D eigenvalue weighted by Crippen LogP contribution is -2.17. The lowest BCUT2D eigenvalue weighted by molar-refractivity contribution is -0.141. The fraction of sp³-hybridized carbons (Fsp3) is 0.857. The Labute approximate surface area is 59.2 Å². The third kappa shape index (κ3) is 0.669. The molecule has 2 saturated carbocycles. The summed E-state index contributed by atoms with van der Waals surface area (Å²) in [4.78, 5) is 10.4. The van der Waals surface area contributed by atoms with Gasteiger partial charge in [-0.15, -0.1) is 0 Å². The van der Waals surface area contributed by atoms with E-state index in [1.54, 1.807) is 0 Å². The number of carboxylic acid groups (broad SMARTS) is 1. The van der Waals surface area contributed by atoms with E-state index in [9.17, 15) is 4.79 Å². The Morgan fingerprint density at radius 2 is 1.90 bits per heavy atom. The zero-order chi connectivity index (χ0) is 7.30. The number of hydrogen-bond donors (Lipinski definition) is 2. The summed E-state index contributed by atoms with van der Waals surface area (Å²) in [6.07, 6.45) is 1.64. The lowest BCUT2D eigenvalue weighted by atomic mass is 10.0. The van der Waals surface area contributed by atoms with E-state index in [-0.39, 0.29) is 5.92 Å². The van der Waals surface area contributed by atoms with Crippen molar-refractivity contribution >= 4 is 5.97 Å². The molecule has 0 aromatic rings. The predicted octanol–water partition coefficient (Wildman–Crippen LogP) is 0.0543. The minimum absolute atomic E-state index is 0.0881. The van der Waals surface area contributed by atoms with E-state index in [4.69, 9.17) is 10.8 Å². The highest BCUT2D eigenvalue weighted by molar-refractivity contribution is 5.70. The molecule has 2 aliphatic carbocycles. The molecule has 0 saturated heterocycles. The van der Waals surface area contributed by atoms with Gasteiger partial charge >= 0.3 is 5.97 Å².